The monoisotopic (exact) mass is 321 g/mol. The van der Waals surface area contributed by atoms with Crippen LogP contribution in [0.1, 0.15) is 24.0 Å². The Kier molecular flexibility index (Phi) is 13.2. The fraction of sp³-hybridized carbons (Fsp3) is 0.136. The topological polar surface area (TPSA) is 29.1 Å². The zero-order chi connectivity index (χ0) is 18.0. The smallest absolute Gasteiger partial charge is 0.220 e. The van der Waals surface area contributed by atoms with Crippen LogP contribution in [-0.4, -0.2) is 12.5 Å². The average molecular weight is 321 g/mol. The molecular formula is C22H27NO. The van der Waals surface area contributed by atoms with Gasteiger partial charge in [-0.05, 0) is 17.5 Å². The molecule has 3 rings (SSSR count). The molecule has 0 aliphatic carbocycles. The zero-order valence-corrected chi connectivity index (χ0v) is 14.3. The molecule has 2 aromatic rings. The quantitative estimate of drug-likeness (QED) is 0.741. The SMILES string of the molecule is C=C.C=Cc1ccccc1.C=Cc1ccccc1.O=C1CCCN1. The summed E-state index contributed by atoms with van der Waals surface area (Å²) in [5, 5.41) is 2.68. The van der Waals surface area contributed by atoms with Crippen molar-refractivity contribution >= 4 is 18.1 Å². The lowest BCUT2D eigenvalue weighted by Gasteiger charge is -1.85. The van der Waals surface area contributed by atoms with Gasteiger partial charge in [0.15, 0.2) is 0 Å². The van der Waals surface area contributed by atoms with Gasteiger partial charge in [-0.3, -0.25) is 4.79 Å². The van der Waals surface area contributed by atoms with E-state index in [4.69, 9.17) is 0 Å². The third kappa shape index (κ3) is 10.8. The van der Waals surface area contributed by atoms with Crippen molar-refractivity contribution in [3.63, 3.8) is 0 Å². The van der Waals surface area contributed by atoms with Crippen molar-refractivity contribution in [2.45, 2.75) is 12.8 Å². The molecule has 126 valence electrons. The van der Waals surface area contributed by atoms with Crippen LogP contribution in [0.4, 0.5) is 0 Å². The molecule has 1 saturated heterocycles. The molecule has 1 fully saturated rings. The van der Waals surface area contributed by atoms with Crippen LogP contribution in [0.2, 0.25) is 0 Å². The van der Waals surface area contributed by atoms with Gasteiger partial charge < -0.3 is 5.32 Å². The van der Waals surface area contributed by atoms with Crippen LogP contribution in [-0.2, 0) is 4.79 Å². The summed E-state index contributed by atoms with van der Waals surface area (Å²) >= 11 is 0. The van der Waals surface area contributed by atoms with E-state index in [1.54, 1.807) is 0 Å². The molecule has 2 heteroatoms. The van der Waals surface area contributed by atoms with Crippen molar-refractivity contribution in [2.75, 3.05) is 6.54 Å². The first-order valence-electron chi connectivity index (χ1n) is 7.88. The van der Waals surface area contributed by atoms with Crippen molar-refractivity contribution in [3.05, 3.63) is 98.1 Å². The average Bonchev–Trinajstić information content (AvgIpc) is 3.17. The summed E-state index contributed by atoms with van der Waals surface area (Å²) in [6, 6.07) is 20.1. The normalized spacial score (nSPS) is 11.1. The molecular weight excluding hydrogens is 294 g/mol. The Hall–Kier alpha value is -2.87. The lowest BCUT2D eigenvalue weighted by Crippen LogP contribution is -2.12. The summed E-state index contributed by atoms with van der Waals surface area (Å²) in [5.41, 5.74) is 2.35. The summed E-state index contributed by atoms with van der Waals surface area (Å²) in [6.07, 6.45) is 5.43. The highest BCUT2D eigenvalue weighted by Gasteiger charge is 2.05. The van der Waals surface area contributed by atoms with E-state index >= 15 is 0 Å². The van der Waals surface area contributed by atoms with Gasteiger partial charge in [0.05, 0.1) is 0 Å². The van der Waals surface area contributed by atoms with Crippen LogP contribution in [0.15, 0.2) is 87.0 Å². The molecule has 1 aliphatic rings. The number of amides is 1. The fourth-order valence-corrected chi connectivity index (χ4v) is 1.74. The molecule has 1 amide bonds. The van der Waals surface area contributed by atoms with E-state index in [-0.39, 0.29) is 5.91 Å². The minimum atomic E-state index is 0.204. The van der Waals surface area contributed by atoms with Crippen LogP contribution < -0.4 is 5.32 Å². The van der Waals surface area contributed by atoms with Crippen LogP contribution in [0.3, 0.4) is 0 Å². The van der Waals surface area contributed by atoms with E-state index in [2.05, 4.69) is 31.6 Å². The molecule has 0 unspecified atom stereocenters. The minimum Gasteiger partial charge on any atom is -0.356 e. The largest absolute Gasteiger partial charge is 0.356 e. The Balaban J connectivity index is 0.000000317. The van der Waals surface area contributed by atoms with Gasteiger partial charge >= 0.3 is 0 Å². The van der Waals surface area contributed by atoms with Gasteiger partial charge in [0.2, 0.25) is 5.91 Å². The second-order valence-corrected chi connectivity index (χ2v) is 4.68. The molecule has 0 atom stereocenters. The Bertz CT molecular complexity index is 524. The number of hydrogen-bond acceptors (Lipinski definition) is 1. The van der Waals surface area contributed by atoms with Crippen molar-refractivity contribution < 1.29 is 4.79 Å². The van der Waals surface area contributed by atoms with Crippen LogP contribution in [0, 0.1) is 0 Å². The first-order chi connectivity index (χ1) is 11.8. The van der Waals surface area contributed by atoms with E-state index in [0.717, 1.165) is 19.4 Å². The third-order valence-electron chi connectivity index (χ3n) is 2.97. The number of carbonyl (C=O) groups is 1. The van der Waals surface area contributed by atoms with E-state index in [0.29, 0.717) is 0 Å². The molecule has 0 saturated carbocycles. The van der Waals surface area contributed by atoms with E-state index in [9.17, 15) is 4.79 Å². The fourth-order valence-electron chi connectivity index (χ4n) is 1.74. The number of benzene rings is 2. The second kappa shape index (κ2) is 15.0. The van der Waals surface area contributed by atoms with E-state index in [1.165, 1.54) is 11.1 Å². The number of carbonyl (C=O) groups excluding carboxylic acids is 1. The Morgan fingerprint density at radius 3 is 1.38 bits per heavy atom. The molecule has 0 aromatic heterocycles. The van der Waals surface area contributed by atoms with Crippen LogP contribution in [0.25, 0.3) is 12.2 Å². The lowest BCUT2D eigenvalue weighted by atomic mass is 10.2. The Morgan fingerprint density at radius 2 is 1.21 bits per heavy atom. The van der Waals surface area contributed by atoms with Gasteiger partial charge in [-0.2, -0.15) is 0 Å². The number of nitrogens with one attached hydrogen (secondary N) is 1. The van der Waals surface area contributed by atoms with Gasteiger partial charge in [0.25, 0.3) is 0 Å². The highest BCUT2D eigenvalue weighted by molar-refractivity contribution is 5.77. The first kappa shape index (κ1) is 21.1. The van der Waals surface area contributed by atoms with Crippen molar-refractivity contribution in [1.29, 1.82) is 0 Å². The Labute approximate surface area is 146 Å². The van der Waals surface area contributed by atoms with E-state index in [1.807, 2.05) is 72.8 Å². The summed E-state index contributed by atoms with van der Waals surface area (Å²) in [6.45, 7) is 14.1. The van der Waals surface area contributed by atoms with Gasteiger partial charge in [-0.15, -0.1) is 13.2 Å². The zero-order valence-electron chi connectivity index (χ0n) is 14.3. The molecule has 2 aromatic carbocycles. The third-order valence-corrected chi connectivity index (χ3v) is 2.97. The van der Waals surface area contributed by atoms with Crippen LogP contribution >= 0.6 is 0 Å². The molecule has 1 N–H and O–H groups in total. The lowest BCUT2D eigenvalue weighted by molar-refractivity contribution is -0.119. The molecule has 0 radical (unpaired) electrons. The Morgan fingerprint density at radius 1 is 0.792 bits per heavy atom. The highest BCUT2D eigenvalue weighted by Crippen LogP contribution is 1.98. The maximum absolute atomic E-state index is 10.1. The minimum absolute atomic E-state index is 0.204. The number of hydrogen-bond donors (Lipinski definition) is 1. The van der Waals surface area contributed by atoms with Crippen molar-refractivity contribution in [2.24, 2.45) is 0 Å². The predicted octanol–water partition coefficient (Wildman–Crippen LogP) is 5.36. The van der Waals surface area contributed by atoms with Crippen LogP contribution in [0.5, 0.6) is 0 Å². The van der Waals surface area contributed by atoms with Gasteiger partial charge in [-0.25, -0.2) is 0 Å². The molecule has 24 heavy (non-hydrogen) atoms. The molecule has 2 nitrogen and oxygen atoms in total. The number of rotatable bonds is 2. The predicted molar refractivity (Wildman–Crippen MR) is 107 cm³/mol. The maximum atomic E-state index is 10.1. The van der Waals surface area contributed by atoms with Gasteiger partial charge in [0.1, 0.15) is 0 Å². The molecule has 0 bridgehead atoms. The summed E-state index contributed by atoms with van der Waals surface area (Å²) in [5.74, 6) is 0.204. The first-order valence-corrected chi connectivity index (χ1v) is 7.88. The highest BCUT2D eigenvalue weighted by atomic mass is 16.1. The van der Waals surface area contributed by atoms with Crippen molar-refractivity contribution in [3.8, 4) is 0 Å². The van der Waals surface area contributed by atoms with Gasteiger partial charge in [-0.1, -0.05) is 86.0 Å². The molecule has 1 aliphatic heterocycles. The van der Waals surface area contributed by atoms with E-state index < -0.39 is 0 Å². The van der Waals surface area contributed by atoms with Crippen molar-refractivity contribution in [1.82, 2.24) is 5.32 Å². The summed E-state index contributed by atoms with van der Waals surface area (Å²) in [4.78, 5) is 10.1. The standard InChI is InChI=1S/2C8H8.C4H7NO.C2H4/c2*1-2-8-6-4-3-5-7-8;6-4-2-1-3-5-4;1-2/h2*2-7H,1H2;1-3H2,(H,5,6);1-2H2. The summed E-state index contributed by atoms with van der Waals surface area (Å²) < 4.78 is 0. The molecule has 1 heterocycles. The van der Waals surface area contributed by atoms with Gasteiger partial charge in [0, 0.05) is 13.0 Å². The molecule has 0 spiro atoms. The summed E-state index contributed by atoms with van der Waals surface area (Å²) in [7, 11) is 0. The maximum Gasteiger partial charge on any atom is 0.220 e. The second-order valence-electron chi connectivity index (χ2n) is 4.68.